The van der Waals surface area contributed by atoms with Gasteiger partial charge in [-0.25, -0.2) is 9.97 Å². The number of nitrogen functional groups attached to an aromatic ring is 1. The number of nitrogens with zero attached hydrogens (tertiary/aromatic N) is 3. The molecule has 0 aliphatic carbocycles. The van der Waals surface area contributed by atoms with E-state index in [1.165, 1.54) is 6.20 Å². The van der Waals surface area contributed by atoms with E-state index >= 15 is 0 Å². The second kappa shape index (κ2) is 5.50. The molecule has 0 aliphatic heterocycles. The molecule has 8 nitrogen and oxygen atoms in total. The van der Waals surface area contributed by atoms with Crippen molar-refractivity contribution in [3.8, 4) is 11.4 Å². The SMILES string of the molecule is Cc1ccc(O)c(C)c1-n1c(N)c(CN)c2nc(C(N)=O)cnc21. The van der Waals surface area contributed by atoms with E-state index in [1.54, 1.807) is 23.6 Å². The molecule has 0 aliphatic rings. The van der Waals surface area contributed by atoms with Crippen LogP contribution in [0.1, 0.15) is 27.2 Å². The van der Waals surface area contributed by atoms with Crippen LogP contribution in [0.2, 0.25) is 0 Å². The summed E-state index contributed by atoms with van der Waals surface area (Å²) in [4.78, 5) is 19.9. The Kier molecular flexibility index (Phi) is 3.61. The quantitative estimate of drug-likeness (QED) is 0.562. The van der Waals surface area contributed by atoms with Gasteiger partial charge in [-0.2, -0.15) is 0 Å². The van der Waals surface area contributed by atoms with Gasteiger partial charge in [-0.15, -0.1) is 0 Å². The molecule has 3 aromatic rings. The number of hydrogen-bond acceptors (Lipinski definition) is 6. The third-order valence-corrected chi connectivity index (χ3v) is 4.09. The summed E-state index contributed by atoms with van der Waals surface area (Å²) in [6.45, 7) is 3.82. The molecular formula is C16H18N6O2. The third-order valence-electron chi connectivity index (χ3n) is 4.09. The molecule has 0 radical (unpaired) electrons. The number of aromatic hydroxyl groups is 1. The number of anilines is 1. The first kappa shape index (κ1) is 15.8. The van der Waals surface area contributed by atoms with Crippen LogP contribution in [0.4, 0.5) is 5.82 Å². The highest BCUT2D eigenvalue weighted by molar-refractivity contribution is 5.94. The van der Waals surface area contributed by atoms with Gasteiger partial charge in [0.05, 0.1) is 11.9 Å². The Balaban J connectivity index is 2.44. The van der Waals surface area contributed by atoms with E-state index < -0.39 is 5.91 Å². The highest BCUT2D eigenvalue weighted by Crippen LogP contribution is 2.34. The average Bonchev–Trinajstić information content (AvgIpc) is 2.82. The molecule has 2 heterocycles. The van der Waals surface area contributed by atoms with Crippen molar-refractivity contribution in [3.63, 3.8) is 0 Å². The topological polar surface area (TPSA) is 146 Å². The van der Waals surface area contributed by atoms with Crippen molar-refractivity contribution < 1.29 is 9.90 Å². The number of benzene rings is 1. The number of rotatable bonds is 3. The number of nitrogens with two attached hydrogens (primary N) is 3. The predicted octanol–water partition coefficient (Wildman–Crippen LogP) is 0.883. The van der Waals surface area contributed by atoms with Crippen LogP contribution in [0, 0.1) is 13.8 Å². The Morgan fingerprint density at radius 3 is 2.67 bits per heavy atom. The zero-order valence-electron chi connectivity index (χ0n) is 13.4. The molecule has 0 unspecified atom stereocenters. The molecule has 8 heteroatoms. The number of aromatic nitrogens is 3. The zero-order valence-corrected chi connectivity index (χ0v) is 13.4. The third kappa shape index (κ3) is 2.16. The Morgan fingerprint density at radius 1 is 1.33 bits per heavy atom. The Morgan fingerprint density at radius 2 is 2.04 bits per heavy atom. The Bertz CT molecular complexity index is 977. The van der Waals surface area contributed by atoms with Crippen LogP contribution in [0.15, 0.2) is 18.3 Å². The van der Waals surface area contributed by atoms with Crippen LogP contribution in [0.25, 0.3) is 16.9 Å². The number of fused-ring (bicyclic) bond motifs is 1. The Labute approximate surface area is 137 Å². The number of phenolic OH excluding ortho intramolecular Hbond substituents is 1. The van der Waals surface area contributed by atoms with Crippen LogP contribution in [0.5, 0.6) is 5.75 Å². The number of hydrogen-bond donors (Lipinski definition) is 4. The lowest BCUT2D eigenvalue weighted by atomic mass is 10.1. The molecular weight excluding hydrogens is 308 g/mol. The van der Waals surface area contributed by atoms with Crippen LogP contribution in [-0.2, 0) is 6.54 Å². The highest BCUT2D eigenvalue weighted by atomic mass is 16.3. The van der Waals surface area contributed by atoms with E-state index in [2.05, 4.69) is 9.97 Å². The maximum atomic E-state index is 11.4. The standard InChI is InChI=1S/C16H18N6O2/c1-7-3-4-11(23)8(2)13(7)22-14(18)9(5-17)12-16(22)20-6-10(21-12)15(19)24/h3-4,6,23H,5,17-18H2,1-2H3,(H2,19,24). The van der Waals surface area contributed by atoms with Gasteiger partial charge in [0, 0.05) is 17.7 Å². The summed E-state index contributed by atoms with van der Waals surface area (Å²) < 4.78 is 1.69. The van der Waals surface area contributed by atoms with Gasteiger partial charge in [-0.05, 0) is 25.5 Å². The molecule has 24 heavy (non-hydrogen) atoms. The molecule has 0 spiro atoms. The van der Waals surface area contributed by atoms with Gasteiger partial charge in [0.1, 0.15) is 22.8 Å². The molecule has 1 amide bonds. The Hall–Kier alpha value is -3.13. The molecule has 3 rings (SSSR count). The van der Waals surface area contributed by atoms with E-state index in [4.69, 9.17) is 17.2 Å². The van der Waals surface area contributed by atoms with E-state index in [0.29, 0.717) is 33.8 Å². The number of carbonyl (C=O) groups excluding carboxylic acids is 1. The predicted molar refractivity (Wildman–Crippen MR) is 90.8 cm³/mol. The summed E-state index contributed by atoms with van der Waals surface area (Å²) in [7, 11) is 0. The lowest BCUT2D eigenvalue weighted by Gasteiger charge is -2.15. The van der Waals surface area contributed by atoms with Crippen molar-refractivity contribution in [2.45, 2.75) is 20.4 Å². The van der Waals surface area contributed by atoms with Gasteiger partial charge in [0.2, 0.25) is 0 Å². The summed E-state index contributed by atoms with van der Waals surface area (Å²) in [5.74, 6) is -0.165. The summed E-state index contributed by atoms with van der Waals surface area (Å²) in [5, 5.41) is 10.1. The largest absolute Gasteiger partial charge is 0.508 e. The van der Waals surface area contributed by atoms with Gasteiger partial charge in [-0.1, -0.05) is 6.07 Å². The van der Waals surface area contributed by atoms with E-state index in [0.717, 1.165) is 5.56 Å². The first-order valence-corrected chi connectivity index (χ1v) is 7.32. The first-order chi connectivity index (χ1) is 11.4. The summed E-state index contributed by atoms with van der Waals surface area (Å²) >= 11 is 0. The van der Waals surface area contributed by atoms with Gasteiger partial charge >= 0.3 is 0 Å². The fraction of sp³-hybridized carbons (Fsp3) is 0.188. The monoisotopic (exact) mass is 326 g/mol. The van der Waals surface area contributed by atoms with Gasteiger partial charge in [0.25, 0.3) is 5.91 Å². The molecule has 0 bridgehead atoms. The van der Waals surface area contributed by atoms with Gasteiger partial charge in [0.15, 0.2) is 5.65 Å². The van der Waals surface area contributed by atoms with Crippen LogP contribution < -0.4 is 17.2 Å². The van der Waals surface area contributed by atoms with Crippen LogP contribution in [-0.4, -0.2) is 25.5 Å². The van der Waals surface area contributed by atoms with E-state index in [-0.39, 0.29) is 18.0 Å². The van der Waals surface area contributed by atoms with Crippen molar-refractivity contribution in [1.29, 1.82) is 0 Å². The first-order valence-electron chi connectivity index (χ1n) is 7.32. The van der Waals surface area contributed by atoms with Crippen LogP contribution in [0.3, 0.4) is 0 Å². The minimum atomic E-state index is -0.677. The molecule has 0 fully saturated rings. The van der Waals surface area contributed by atoms with Crippen molar-refractivity contribution in [2.24, 2.45) is 11.5 Å². The molecule has 124 valence electrons. The maximum absolute atomic E-state index is 11.4. The lowest BCUT2D eigenvalue weighted by Crippen LogP contribution is -2.13. The molecule has 0 saturated carbocycles. The molecule has 2 aromatic heterocycles. The number of primary amides is 1. The lowest BCUT2D eigenvalue weighted by molar-refractivity contribution is 0.0995. The van der Waals surface area contributed by atoms with Gasteiger partial charge < -0.3 is 22.3 Å². The second-order valence-electron chi connectivity index (χ2n) is 5.57. The van der Waals surface area contributed by atoms with Crippen molar-refractivity contribution >= 4 is 22.9 Å². The van der Waals surface area contributed by atoms with Crippen LogP contribution >= 0.6 is 0 Å². The minimum absolute atomic E-state index is 0.0405. The number of aryl methyl sites for hydroxylation is 1. The molecule has 0 atom stereocenters. The maximum Gasteiger partial charge on any atom is 0.268 e. The van der Waals surface area contributed by atoms with Gasteiger partial charge in [-0.3, -0.25) is 9.36 Å². The highest BCUT2D eigenvalue weighted by Gasteiger charge is 2.22. The number of amides is 1. The van der Waals surface area contributed by atoms with Crippen molar-refractivity contribution in [3.05, 3.63) is 40.7 Å². The number of phenols is 1. The minimum Gasteiger partial charge on any atom is -0.508 e. The summed E-state index contributed by atoms with van der Waals surface area (Å²) in [6.07, 6.45) is 1.30. The molecule has 0 saturated heterocycles. The molecule has 1 aromatic carbocycles. The normalized spacial score (nSPS) is 11.1. The van der Waals surface area contributed by atoms with E-state index in [9.17, 15) is 9.90 Å². The van der Waals surface area contributed by atoms with Crippen molar-refractivity contribution in [2.75, 3.05) is 5.73 Å². The fourth-order valence-corrected chi connectivity index (χ4v) is 2.83. The van der Waals surface area contributed by atoms with Crippen molar-refractivity contribution in [1.82, 2.24) is 14.5 Å². The average molecular weight is 326 g/mol. The summed E-state index contributed by atoms with van der Waals surface area (Å²) in [6, 6.07) is 3.41. The molecule has 7 N–H and O–H groups in total. The fourth-order valence-electron chi connectivity index (χ4n) is 2.83. The number of carbonyl (C=O) groups is 1. The van der Waals surface area contributed by atoms with E-state index in [1.807, 2.05) is 6.92 Å². The zero-order chi connectivity index (χ0) is 17.6. The smallest absolute Gasteiger partial charge is 0.268 e. The summed E-state index contributed by atoms with van der Waals surface area (Å²) in [5.41, 5.74) is 21.1. The second-order valence-corrected chi connectivity index (χ2v) is 5.57.